The van der Waals surface area contributed by atoms with Crippen molar-refractivity contribution in [2.75, 3.05) is 4.90 Å². The van der Waals surface area contributed by atoms with E-state index < -0.39 is 7.12 Å². The van der Waals surface area contributed by atoms with E-state index in [0.717, 1.165) is 33.6 Å². The first kappa shape index (κ1) is 23.7. The highest BCUT2D eigenvalue weighted by Crippen LogP contribution is 2.41. The molecule has 182 valence electrons. The molecular formula is C34H26BNO2. The van der Waals surface area contributed by atoms with E-state index in [-0.39, 0.29) is 0 Å². The molecule has 0 bridgehead atoms. The van der Waals surface area contributed by atoms with Crippen LogP contribution in [-0.4, -0.2) is 17.2 Å². The van der Waals surface area contributed by atoms with Gasteiger partial charge in [0.1, 0.15) is 0 Å². The van der Waals surface area contributed by atoms with Crippen molar-refractivity contribution >= 4 is 40.4 Å². The maximum Gasteiger partial charge on any atom is 0.490 e. The summed E-state index contributed by atoms with van der Waals surface area (Å²) in [6.45, 7) is 0. The smallest absolute Gasteiger partial charge is 0.423 e. The van der Waals surface area contributed by atoms with E-state index in [1.54, 1.807) is 6.07 Å². The van der Waals surface area contributed by atoms with Crippen LogP contribution in [0.3, 0.4) is 0 Å². The van der Waals surface area contributed by atoms with Gasteiger partial charge in [-0.1, -0.05) is 121 Å². The van der Waals surface area contributed by atoms with E-state index in [9.17, 15) is 10.0 Å². The lowest BCUT2D eigenvalue weighted by Gasteiger charge is -2.30. The minimum absolute atomic E-state index is 0.436. The lowest BCUT2D eigenvalue weighted by molar-refractivity contribution is 0.426. The molecule has 6 aromatic rings. The molecular weight excluding hydrogens is 465 g/mol. The third kappa shape index (κ3) is 4.48. The number of fused-ring (bicyclic) bond motifs is 1. The van der Waals surface area contributed by atoms with Gasteiger partial charge < -0.3 is 14.9 Å². The number of rotatable bonds is 6. The topological polar surface area (TPSA) is 43.7 Å². The van der Waals surface area contributed by atoms with Crippen molar-refractivity contribution in [3.8, 4) is 22.3 Å². The molecule has 0 aliphatic heterocycles. The van der Waals surface area contributed by atoms with Crippen molar-refractivity contribution in [3.05, 3.63) is 146 Å². The Morgan fingerprint density at radius 2 is 1.08 bits per heavy atom. The number of nitrogens with zero attached hydrogens (tertiary/aromatic N) is 1. The molecule has 0 heterocycles. The summed E-state index contributed by atoms with van der Waals surface area (Å²) in [6, 6.07) is 49.1. The maximum atomic E-state index is 10.3. The van der Waals surface area contributed by atoms with Gasteiger partial charge in [-0.3, -0.25) is 0 Å². The molecule has 0 saturated carbocycles. The molecule has 6 rings (SSSR count). The average molecular weight is 491 g/mol. The van der Waals surface area contributed by atoms with E-state index in [4.69, 9.17) is 0 Å². The van der Waals surface area contributed by atoms with Gasteiger partial charge in [0.2, 0.25) is 0 Å². The third-order valence-electron chi connectivity index (χ3n) is 6.89. The predicted molar refractivity (Wildman–Crippen MR) is 159 cm³/mol. The van der Waals surface area contributed by atoms with Gasteiger partial charge in [0.25, 0.3) is 0 Å². The Hall–Kier alpha value is -4.64. The second kappa shape index (κ2) is 10.4. The summed E-state index contributed by atoms with van der Waals surface area (Å²) in [4.78, 5) is 2.12. The molecule has 3 nitrogen and oxygen atoms in total. The molecule has 0 aliphatic rings. The van der Waals surface area contributed by atoms with Crippen LogP contribution in [0.4, 0.5) is 17.1 Å². The van der Waals surface area contributed by atoms with Crippen molar-refractivity contribution in [2.24, 2.45) is 0 Å². The van der Waals surface area contributed by atoms with E-state index in [1.165, 1.54) is 10.8 Å². The summed E-state index contributed by atoms with van der Waals surface area (Å²) >= 11 is 0. The zero-order valence-electron chi connectivity index (χ0n) is 20.8. The quantitative estimate of drug-likeness (QED) is 0.240. The second-order valence-electron chi connectivity index (χ2n) is 9.23. The van der Waals surface area contributed by atoms with E-state index >= 15 is 0 Å². The van der Waals surface area contributed by atoms with Crippen LogP contribution in [-0.2, 0) is 0 Å². The van der Waals surface area contributed by atoms with Crippen LogP contribution in [0, 0.1) is 0 Å². The van der Waals surface area contributed by atoms with Crippen molar-refractivity contribution in [1.29, 1.82) is 0 Å². The summed E-state index contributed by atoms with van der Waals surface area (Å²) < 4.78 is 0. The zero-order valence-corrected chi connectivity index (χ0v) is 20.8. The van der Waals surface area contributed by atoms with Gasteiger partial charge in [-0.05, 0) is 51.7 Å². The predicted octanol–water partition coefficient (Wildman–Crippen LogP) is 7.32. The zero-order chi connectivity index (χ0) is 25.9. The molecule has 0 atom stereocenters. The highest BCUT2D eigenvalue weighted by Gasteiger charge is 2.24. The molecule has 0 aliphatic carbocycles. The van der Waals surface area contributed by atoms with Gasteiger partial charge in [-0.25, -0.2) is 0 Å². The van der Waals surface area contributed by atoms with E-state index in [0.29, 0.717) is 11.2 Å². The van der Waals surface area contributed by atoms with Gasteiger partial charge >= 0.3 is 7.12 Å². The van der Waals surface area contributed by atoms with Crippen LogP contribution in [0.15, 0.2) is 146 Å². The summed E-state index contributed by atoms with van der Waals surface area (Å²) in [6.07, 6.45) is 0. The van der Waals surface area contributed by atoms with Crippen molar-refractivity contribution in [2.45, 2.75) is 0 Å². The van der Waals surface area contributed by atoms with Crippen LogP contribution in [0.1, 0.15) is 0 Å². The number of para-hydroxylation sites is 2. The lowest BCUT2D eigenvalue weighted by atomic mass is 9.78. The molecule has 6 aromatic carbocycles. The molecule has 0 aromatic heterocycles. The maximum absolute atomic E-state index is 10.3. The highest BCUT2D eigenvalue weighted by atomic mass is 16.4. The second-order valence-corrected chi connectivity index (χ2v) is 9.23. The number of anilines is 3. The Morgan fingerprint density at radius 1 is 0.474 bits per heavy atom. The summed E-state index contributed by atoms with van der Waals surface area (Å²) in [7, 11) is -1.61. The molecule has 0 amide bonds. The minimum atomic E-state index is -1.61. The monoisotopic (exact) mass is 491 g/mol. The molecule has 0 spiro atoms. The normalized spacial score (nSPS) is 10.9. The lowest BCUT2D eigenvalue weighted by Crippen LogP contribution is -2.34. The van der Waals surface area contributed by atoms with Crippen molar-refractivity contribution < 1.29 is 10.0 Å². The third-order valence-corrected chi connectivity index (χ3v) is 6.89. The SMILES string of the molecule is OB(O)c1ccccc1N(c1cccc(-c2cccc3ccccc23)c1)c1ccccc1-c1ccccc1. The fourth-order valence-electron chi connectivity index (χ4n) is 5.14. The summed E-state index contributed by atoms with van der Waals surface area (Å²) in [5.41, 5.74) is 7.38. The highest BCUT2D eigenvalue weighted by molar-refractivity contribution is 6.60. The Morgan fingerprint density at radius 3 is 1.92 bits per heavy atom. The summed E-state index contributed by atoms with van der Waals surface area (Å²) in [5, 5.41) is 23.0. The Kier molecular flexibility index (Phi) is 6.49. The minimum Gasteiger partial charge on any atom is -0.423 e. The largest absolute Gasteiger partial charge is 0.490 e. The first-order valence-corrected chi connectivity index (χ1v) is 12.7. The summed E-state index contributed by atoms with van der Waals surface area (Å²) in [5.74, 6) is 0. The number of hydrogen-bond acceptors (Lipinski definition) is 3. The van der Waals surface area contributed by atoms with Crippen molar-refractivity contribution in [3.63, 3.8) is 0 Å². The van der Waals surface area contributed by atoms with Crippen LogP contribution < -0.4 is 10.4 Å². The van der Waals surface area contributed by atoms with Gasteiger partial charge in [0.05, 0.1) is 5.69 Å². The fourth-order valence-corrected chi connectivity index (χ4v) is 5.14. The molecule has 0 fully saturated rings. The standard InChI is InChI=1S/C34H26BNO2/c37-35(38)32-21-7-9-23-34(32)36(33-22-8-6-19-31(33)26-12-2-1-3-13-26)28-17-10-16-27(24-28)30-20-11-15-25-14-4-5-18-29(25)30/h1-24,37-38H. The molecule has 38 heavy (non-hydrogen) atoms. The van der Waals surface area contributed by atoms with Crippen LogP contribution >= 0.6 is 0 Å². The van der Waals surface area contributed by atoms with Crippen LogP contribution in [0.2, 0.25) is 0 Å². The molecule has 2 N–H and O–H groups in total. The average Bonchev–Trinajstić information content (AvgIpc) is 2.98. The Bertz CT molecular complexity index is 1710. The van der Waals surface area contributed by atoms with Crippen LogP contribution in [0.5, 0.6) is 0 Å². The Balaban J connectivity index is 1.60. The van der Waals surface area contributed by atoms with E-state index in [1.807, 2.05) is 48.5 Å². The van der Waals surface area contributed by atoms with Crippen molar-refractivity contribution in [1.82, 2.24) is 0 Å². The molecule has 4 heteroatoms. The first-order valence-electron chi connectivity index (χ1n) is 12.7. The Labute approximate surface area is 223 Å². The van der Waals surface area contributed by atoms with Gasteiger partial charge in [0.15, 0.2) is 0 Å². The molecule has 0 unspecified atom stereocenters. The first-order chi connectivity index (χ1) is 18.7. The van der Waals surface area contributed by atoms with Crippen LogP contribution in [0.25, 0.3) is 33.0 Å². The molecule has 0 saturated heterocycles. The number of hydrogen-bond donors (Lipinski definition) is 2. The molecule has 0 radical (unpaired) electrons. The fraction of sp³-hybridized carbons (Fsp3) is 0. The van der Waals surface area contributed by atoms with Gasteiger partial charge in [-0.15, -0.1) is 0 Å². The van der Waals surface area contributed by atoms with E-state index in [2.05, 4.69) is 95.9 Å². The van der Waals surface area contributed by atoms with Gasteiger partial charge in [0, 0.05) is 22.4 Å². The van der Waals surface area contributed by atoms with Gasteiger partial charge in [-0.2, -0.15) is 0 Å². The number of benzene rings is 6.